The molecule has 1 unspecified atom stereocenters. The van der Waals surface area contributed by atoms with E-state index in [0.29, 0.717) is 0 Å². The quantitative estimate of drug-likeness (QED) is 0.798. The van der Waals surface area contributed by atoms with E-state index in [0.717, 1.165) is 20.9 Å². The summed E-state index contributed by atoms with van der Waals surface area (Å²) in [5.74, 6) is 0. The van der Waals surface area contributed by atoms with Crippen LogP contribution in [0.1, 0.15) is 18.5 Å². The summed E-state index contributed by atoms with van der Waals surface area (Å²) >= 11 is 9.56. The van der Waals surface area contributed by atoms with Gasteiger partial charge in [0, 0.05) is 29.6 Å². The molecule has 0 aliphatic carbocycles. The number of rotatable bonds is 4. The number of benzene rings is 2. The third-order valence-corrected chi connectivity index (χ3v) is 3.95. The summed E-state index contributed by atoms with van der Waals surface area (Å²) in [6.07, 6.45) is 0. The van der Waals surface area contributed by atoms with Crippen LogP contribution in [0.4, 0.5) is 11.4 Å². The lowest BCUT2D eigenvalue weighted by atomic mass is 10.1. The van der Waals surface area contributed by atoms with Crippen LogP contribution in [-0.2, 0) is 0 Å². The molecule has 0 aliphatic rings. The third-order valence-electron chi connectivity index (χ3n) is 3.18. The fraction of sp³-hybridized carbons (Fsp3) is 0.250. The fourth-order valence-corrected chi connectivity index (χ4v) is 2.52. The van der Waals surface area contributed by atoms with Gasteiger partial charge in [0.05, 0.1) is 11.4 Å². The molecule has 0 aromatic heterocycles. The van der Waals surface area contributed by atoms with Crippen LogP contribution in [0.5, 0.6) is 0 Å². The average Bonchev–Trinajstić information content (AvgIpc) is 2.39. The van der Waals surface area contributed by atoms with Gasteiger partial charge in [-0.15, -0.1) is 0 Å². The van der Waals surface area contributed by atoms with E-state index < -0.39 is 0 Å². The van der Waals surface area contributed by atoms with Crippen molar-refractivity contribution in [1.29, 1.82) is 0 Å². The average molecular weight is 354 g/mol. The van der Waals surface area contributed by atoms with E-state index in [1.54, 1.807) is 0 Å². The Morgan fingerprint density at radius 2 is 1.75 bits per heavy atom. The summed E-state index contributed by atoms with van der Waals surface area (Å²) in [7, 11) is 4.05. The van der Waals surface area contributed by atoms with Crippen LogP contribution in [0.3, 0.4) is 0 Å². The van der Waals surface area contributed by atoms with Gasteiger partial charge in [0.25, 0.3) is 0 Å². The second kappa shape index (κ2) is 6.51. The SMILES string of the molecule is CC(Nc1cc(Cl)ccc1N(C)C)c1ccc(Br)cc1. The molecule has 2 rings (SSSR count). The van der Waals surface area contributed by atoms with Crippen molar-refractivity contribution < 1.29 is 0 Å². The first-order chi connectivity index (χ1) is 9.47. The molecule has 0 aliphatic heterocycles. The van der Waals surface area contributed by atoms with Crippen molar-refractivity contribution in [2.45, 2.75) is 13.0 Å². The zero-order valence-electron chi connectivity index (χ0n) is 11.8. The molecule has 2 aromatic rings. The molecule has 2 nitrogen and oxygen atoms in total. The highest BCUT2D eigenvalue weighted by atomic mass is 79.9. The highest BCUT2D eigenvalue weighted by molar-refractivity contribution is 9.10. The van der Waals surface area contributed by atoms with Crippen molar-refractivity contribution in [2.24, 2.45) is 0 Å². The molecule has 0 radical (unpaired) electrons. The summed E-state index contributed by atoms with van der Waals surface area (Å²) in [5, 5.41) is 4.26. The molecular formula is C16H18BrClN2. The summed E-state index contributed by atoms with van der Waals surface area (Å²) in [5.41, 5.74) is 3.40. The molecule has 0 saturated carbocycles. The zero-order chi connectivity index (χ0) is 14.7. The van der Waals surface area contributed by atoms with Gasteiger partial charge in [-0.1, -0.05) is 39.7 Å². The first kappa shape index (κ1) is 15.2. The first-order valence-corrected chi connectivity index (χ1v) is 7.63. The maximum atomic E-state index is 6.11. The maximum absolute atomic E-state index is 6.11. The Morgan fingerprint density at radius 1 is 1.10 bits per heavy atom. The summed E-state index contributed by atoms with van der Waals surface area (Å²) in [6, 6.07) is 14.4. The summed E-state index contributed by atoms with van der Waals surface area (Å²) in [6.45, 7) is 2.14. The van der Waals surface area contributed by atoms with Gasteiger partial charge < -0.3 is 10.2 Å². The van der Waals surface area contributed by atoms with Crippen LogP contribution >= 0.6 is 27.5 Å². The van der Waals surface area contributed by atoms with E-state index in [-0.39, 0.29) is 6.04 Å². The van der Waals surface area contributed by atoms with Crippen molar-refractivity contribution in [1.82, 2.24) is 0 Å². The van der Waals surface area contributed by atoms with Gasteiger partial charge in [0.2, 0.25) is 0 Å². The molecule has 0 saturated heterocycles. The van der Waals surface area contributed by atoms with E-state index in [1.807, 2.05) is 32.3 Å². The third kappa shape index (κ3) is 3.68. The smallest absolute Gasteiger partial charge is 0.0598 e. The minimum atomic E-state index is 0.209. The van der Waals surface area contributed by atoms with Crippen molar-refractivity contribution in [3.63, 3.8) is 0 Å². The largest absolute Gasteiger partial charge is 0.377 e. The number of hydrogen-bond donors (Lipinski definition) is 1. The second-order valence-corrected chi connectivity index (χ2v) is 6.33. The second-order valence-electron chi connectivity index (χ2n) is 4.97. The van der Waals surface area contributed by atoms with Crippen molar-refractivity contribution in [3.05, 3.63) is 57.5 Å². The minimum Gasteiger partial charge on any atom is -0.377 e. The molecule has 1 atom stereocenters. The van der Waals surface area contributed by atoms with Crippen LogP contribution in [0.25, 0.3) is 0 Å². The number of hydrogen-bond acceptors (Lipinski definition) is 2. The Hall–Kier alpha value is -1.19. The summed E-state index contributed by atoms with van der Waals surface area (Å²) in [4.78, 5) is 2.08. The van der Waals surface area contributed by atoms with Crippen molar-refractivity contribution in [3.8, 4) is 0 Å². The highest BCUT2D eigenvalue weighted by Crippen LogP contribution is 2.31. The monoisotopic (exact) mass is 352 g/mol. The zero-order valence-corrected chi connectivity index (χ0v) is 14.2. The molecule has 1 N–H and O–H groups in total. The van der Waals surface area contributed by atoms with Gasteiger partial charge in [-0.3, -0.25) is 0 Å². The molecule has 20 heavy (non-hydrogen) atoms. The van der Waals surface area contributed by atoms with Gasteiger partial charge in [-0.05, 0) is 42.8 Å². The fourth-order valence-electron chi connectivity index (χ4n) is 2.08. The van der Waals surface area contributed by atoms with Gasteiger partial charge in [-0.25, -0.2) is 0 Å². The molecule has 0 heterocycles. The van der Waals surface area contributed by atoms with Gasteiger partial charge in [0.15, 0.2) is 0 Å². The van der Waals surface area contributed by atoms with Gasteiger partial charge >= 0.3 is 0 Å². The number of anilines is 2. The van der Waals surface area contributed by atoms with Crippen LogP contribution in [0, 0.1) is 0 Å². The van der Waals surface area contributed by atoms with Gasteiger partial charge in [-0.2, -0.15) is 0 Å². The molecule has 106 valence electrons. The molecule has 4 heteroatoms. The van der Waals surface area contributed by atoms with E-state index in [2.05, 4.69) is 57.3 Å². The molecule has 0 amide bonds. The van der Waals surface area contributed by atoms with E-state index >= 15 is 0 Å². The standard InChI is InChI=1S/C16H18BrClN2/c1-11(12-4-6-13(17)7-5-12)19-15-10-14(18)8-9-16(15)20(2)3/h4-11,19H,1-3H3. The Bertz CT molecular complexity index is 582. The Kier molecular flexibility index (Phi) is 4.95. The number of nitrogens with zero attached hydrogens (tertiary/aromatic N) is 1. The van der Waals surface area contributed by atoms with Crippen molar-refractivity contribution >= 4 is 38.9 Å². The lowest BCUT2D eigenvalue weighted by molar-refractivity contribution is 0.882. The van der Waals surface area contributed by atoms with Gasteiger partial charge in [0.1, 0.15) is 0 Å². The Morgan fingerprint density at radius 3 is 2.35 bits per heavy atom. The van der Waals surface area contributed by atoms with Crippen molar-refractivity contribution in [2.75, 3.05) is 24.3 Å². The van der Waals surface area contributed by atoms with E-state index in [4.69, 9.17) is 11.6 Å². The molecular weight excluding hydrogens is 336 g/mol. The minimum absolute atomic E-state index is 0.209. The molecule has 2 aromatic carbocycles. The first-order valence-electron chi connectivity index (χ1n) is 6.46. The van der Waals surface area contributed by atoms with E-state index in [1.165, 1.54) is 5.56 Å². The van der Waals surface area contributed by atoms with Crippen LogP contribution in [0.15, 0.2) is 46.9 Å². The van der Waals surface area contributed by atoms with E-state index in [9.17, 15) is 0 Å². The lowest BCUT2D eigenvalue weighted by Gasteiger charge is -2.22. The Balaban J connectivity index is 2.24. The highest BCUT2D eigenvalue weighted by Gasteiger charge is 2.10. The maximum Gasteiger partial charge on any atom is 0.0598 e. The molecule has 0 spiro atoms. The molecule has 0 fully saturated rings. The molecule has 0 bridgehead atoms. The number of halogens is 2. The topological polar surface area (TPSA) is 15.3 Å². The predicted molar refractivity (Wildman–Crippen MR) is 92.0 cm³/mol. The lowest BCUT2D eigenvalue weighted by Crippen LogP contribution is -2.14. The Labute approximate surface area is 133 Å². The summed E-state index contributed by atoms with van der Waals surface area (Å²) < 4.78 is 1.09. The number of nitrogens with one attached hydrogen (secondary N) is 1. The normalized spacial score (nSPS) is 12.1. The predicted octanol–water partition coefficient (Wildman–Crippen LogP) is 5.34. The van der Waals surface area contributed by atoms with Crippen LogP contribution in [0.2, 0.25) is 5.02 Å². The van der Waals surface area contributed by atoms with Crippen LogP contribution < -0.4 is 10.2 Å². The van der Waals surface area contributed by atoms with Crippen LogP contribution in [-0.4, -0.2) is 14.1 Å².